The maximum Gasteiger partial charge on any atom is 0.229 e. The van der Waals surface area contributed by atoms with Gasteiger partial charge < -0.3 is 19.7 Å². The number of carbonyl (C=O) groups is 2. The lowest BCUT2D eigenvalue weighted by Crippen LogP contribution is -2.28. The molecule has 1 atom stereocenters. The van der Waals surface area contributed by atoms with Crippen LogP contribution < -0.4 is 19.7 Å². The molecule has 0 spiro atoms. The smallest absolute Gasteiger partial charge is 0.229 e. The van der Waals surface area contributed by atoms with Crippen molar-refractivity contribution in [3.05, 3.63) is 46.7 Å². The third-order valence-corrected chi connectivity index (χ3v) is 4.98. The Hall–Kier alpha value is -2.80. The summed E-state index contributed by atoms with van der Waals surface area (Å²) in [5, 5.41) is 3.10. The summed E-state index contributed by atoms with van der Waals surface area (Å²) in [4.78, 5) is 26.7. The lowest BCUT2D eigenvalue weighted by molar-refractivity contribution is -0.122. The molecule has 148 valence electrons. The minimum absolute atomic E-state index is 0.0544. The van der Waals surface area contributed by atoms with Crippen molar-refractivity contribution >= 4 is 34.8 Å². The number of nitrogens with one attached hydrogen (secondary N) is 1. The molecule has 1 aliphatic rings. The molecule has 3 rings (SSSR count). The van der Waals surface area contributed by atoms with Gasteiger partial charge in [0.05, 0.1) is 30.8 Å². The van der Waals surface area contributed by atoms with Crippen molar-refractivity contribution in [1.29, 1.82) is 0 Å². The SMILES string of the molecule is COc1cc(OC)c(N2C[C@H](C(=O)Nc3ccc(F)cc3C)CC2=O)cc1Cl. The van der Waals surface area contributed by atoms with Crippen LogP contribution in [0.1, 0.15) is 12.0 Å². The number of hydrogen-bond acceptors (Lipinski definition) is 4. The molecule has 1 aliphatic heterocycles. The molecule has 2 aromatic carbocycles. The van der Waals surface area contributed by atoms with Crippen LogP contribution in [0.4, 0.5) is 15.8 Å². The Morgan fingerprint density at radius 1 is 1.21 bits per heavy atom. The summed E-state index contributed by atoms with van der Waals surface area (Å²) in [6.07, 6.45) is 0.0544. The van der Waals surface area contributed by atoms with Gasteiger partial charge in [-0.2, -0.15) is 0 Å². The molecule has 0 radical (unpaired) electrons. The van der Waals surface area contributed by atoms with E-state index in [1.54, 1.807) is 19.1 Å². The number of aryl methyl sites for hydroxylation is 1. The van der Waals surface area contributed by atoms with Crippen LogP contribution in [0.25, 0.3) is 0 Å². The fourth-order valence-electron chi connectivity index (χ4n) is 3.17. The van der Waals surface area contributed by atoms with Crippen molar-refractivity contribution < 1.29 is 23.5 Å². The number of carbonyl (C=O) groups excluding carboxylic acids is 2. The van der Waals surface area contributed by atoms with Crippen LogP contribution >= 0.6 is 11.6 Å². The van der Waals surface area contributed by atoms with Crippen LogP contribution in [-0.2, 0) is 9.59 Å². The summed E-state index contributed by atoms with van der Waals surface area (Å²) >= 11 is 6.19. The highest BCUT2D eigenvalue weighted by atomic mass is 35.5. The summed E-state index contributed by atoms with van der Waals surface area (Å²) in [5.41, 5.74) is 1.60. The Balaban J connectivity index is 1.80. The van der Waals surface area contributed by atoms with Gasteiger partial charge in [-0.05, 0) is 36.8 Å². The van der Waals surface area contributed by atoms with Gasteiger partial charge in [0.25, 0.3) is 0 Å². The molecule has 2 amide bonds. The standard InChI is InChI=1S/C20H20ClFN2O4/c1-11-6-13(22)4-5-15(11)23-20(26)12-7-19(25)24(10-12)16-8-14(21)17(27-2)9-18(16)28-3/h4-6,8-9,12H,7,10H2,1-3H3,(H,23,26)/t12-/m1/s1. The minimum Gasteiger partial charge on any atom is -0.495 e. The molecule has 0 unspecified atom stereocenters. The van der Waals surface area contributed by atoms with E-state index in [-0.39, 0.29) is 30.6 Å². The highest BCUT2D eigenvalue weighted by molar-refractivity contribution is 6.32. The summed E-state index contributed by atoms with van der Waals surface area (Å²) in [7, 11) is 2.97. The van der Waals surface area contributed by atoms with Crippen LogP contribution in [0.15, 0.2) is 30.3 Å². The van der Waals surface area contributed by atoms with Crippen molar-refractivity contribution in [3.63, 3.8) is 0 Å². The van der Waals surface area contributed by atoms with E-state index in [1.165, 1.54) is 37.3 Å². The normalized spacial score (nSPS) is 16.2. The topological polar surface area (TPSA) is 67.9 Å². The number of anilines is 2. The van der Waals surface area contributed by atoms with E-state index < -0.39 is 5.92 Å². The van der Waals surface area contributed by atoms with Gasteiger partial charge in [-0.1, -0.05) is 11.6 Å². The summed E-state index contributed by atoms with van der Waals surface area (Å²) < 4.78 is 23.8. The predicted molar refractivity (Wildman–Crippen MR) is 105 cm³/mol. The Labute approximate surface area is 167 Å². The van der Waals surface area contributed by atoms with Crippen LogP contribution in [0.3, 0.4) is 0 Å². The molecule has 1 saturated heterocycles. The summed E-state index contributed by atoms with van der Waals surface area (Å²) in [5.74, 6) is -0.594. The first kappa shape index (κ1) is 19.9. The summed E-state index contributed by atoms with van der Waals surface area (Å²) in [6.45, 7) is 1.89. The lowest BCUT2D eigenvalue weighted by Gasteiger charge is -2.21. The number of rotatable bonds is 5. The molecule has 28 heavy (non-hydrogen) atoms. The Morgan fingerprint density at radius 2 is 1.93 bits per heavy atom. The first-order valence-corrected chi connectivity index (χ1v) is 9.00. The third kappa shape index (κ3) is 3.89. The number of amides is 2. The number of nitrogens with zero attached hydrogens (tertiary/aromatic N) is 1. The van der Waals surface area contributed by atoms with Crippen LogP contribution in [0.5, 0.6) is 11.5 Å². The zero-order valence-electron chi connectivity index (χ0n) is 15.7. The van der Waals surface area contributed by atoms with E-state index >= 15 is 0 Å². The second-order valence-corrected chi connectivity index (χ2v) is 6.92. The molecule has 1 fully saturated rings. The molecule has 0 bridgehead atoms. The van der Waals surface area contributed by atoms with E-state index in [1.807, 2.05) is 0 Å². The molecule has 2 aromatic rings. The fourth-order valence-corrected chi connectivity index (χ4v) is 3.41. The molecule has 6 nitrogen and oxygen atoms in total. The molecule has 1 heterocycles. The molecule has 0 aromatic heterocycles. The van der Waals surface area contributed by atoms with E-state index in [0.717, 1.165) is 0 Å². The van der Waals surface area contributed by atoms with Crippen molar-refractivity contribution in [3.8, 4) is 11.5 Å². The monoisotopic (exact) mass is 406 g/mol. The lowest BCUT2D eigenvalue weighted by atomic mass is 10.1. The quantitative estimate of drug-likeness (QED) is 0.820. The number of halogens is 2. The van der Waals surface area contributed by atoms with Gasteiger partial charge in [0.15, 0.2) is 0 Å². The zero-order valence-corrected chi connectivity index (χ0v) is 16.5. The van der Waals surface area contributed by atoms with E-state index in [2.05, 4.69) is 5.32 Å². The molecular weight excluding hydrogens is 387 g/mol. The molecule has 0 aliphatic carbocycles. The Morgan fingerprint density at radius 3 is 2.57 bits per heavy atom. The summed E-state index contributed by atoms with van der Waals surface area (Å²) in [6, 6.07) is 7.30. The van der Waals surface area contributed by atoms with Gasteiger partial charge in [0.1, 0.15) is 17.3 Å². The van der Waals surface area contributed by atoms with Crippen molar-refractivity contribution in [2.24, 2.45) is 5.92 Å². The number of ether oxygens (including phenoxy) is 2. The van der Waals surface area contributed by atoms with Crippen molar-refractivity contribution in [2.75, 3.05) is 31.0 Å². The van der Waals surface area contributed by atoms with Crippen LogP contribution in [0, 0.1) is 18.7 Å². The molecule has 8 heteroatoms. The number of methoxy groups -OCH3 is 2. The fraction of sp³-hybridized carbons (Fsp3) is 0.300. The second kappa shape index (κ2) is 8.06. The minimum atomic E-state index is -0.553. The Bertz CT molecular complexity index is 935. The maximum atomic E-state index is 13.2. The van der Waals surface area contributed by atoms with Gasteiger partial charge in [-0.3, -0.25) is 9.59 Å². The third-order valence-electron chi connectivity index (χ3n) is 4.69. The van der Waals surface area contributed by atoms with Crippen LogP contribution in [0.2, 0.25) is 5.02 Å². The number of benzene rings is 2. The van der Waals surface area contributed by atoms with Gasteiger partial charge in [0.2, 0.25) is 11.8 Å². The van der Waals surface area contributed by atoms with E-state index in [4.69, 9.17) is 21.1 Å². The Kier molecular flexibility index (Phi) is 5.74. The van der Waals surface area contributed by atoms with Crippen molar-refractivity contribution in [1.82, 2.24) is 0 Å². The predicted octanol–water partition coefficient (Wildman–Crippen LogP) is 3.80. The zero-order chi connectivity index (χ0) is 20.4. The first-order chi connectivity index (χ1) is 13.3. The van der Waals surface area contributed by atoms with Gasteiger partial charge in [-0.25, -0.2) is 4.39 Å². The first-order valence-electron chi connectivity index (χ1n) is 8.63. The van der Waals surface area contributed by atoms with Crippen molar-refractivity contribution in [2.45, 2.75) is 13.3 Å². The molecule has 1 N–H and O–H groups in total. The average Bonchev–Trinajstić information content (AvgIpc) is 3.05. The molecular formula is C20H20ClFN2O4. The van der Waals surface area contributed by atoms with Gasteiger partial charge in [-0.15, -0.1) is 0 Å². The van der Waals surface area contributed by atoms with E-state index in [0.29, 0.717) is 33.5 Å². The molecule has 0 saturated carbocycles. The van der Waals surface area contributed by atoms with Gasteiger partial charge >= 0.3 is 0 Å². The van der Waals surface area contributed by atoms with Crippen LogP contribution in [-0.4, -0.2) is 32.6 Å². The maximum absolute atomic E-state index is 13.2. The average molecular weight is 407 g/mol. The number of hydrogen-bond donors (Lipinski definition) is 1. The largest absolute Gasteiger partial charge is 0.495 e. The highest BCUT2D eigenvalue weighted by Gasteiger charge is 2.36. The van der Waals surface area contributed by atoms with Gasteiger partial charge in [0, 0.05) is 24.7 Å². The van der Waals surface area contributed by atoms with E-state index in [9.17, 15) is 14.0 Å². The second-order valence-electron chi connectivity index (χ2n) is 6.51. The highest BCUT2D eigenvalue weighted by Crippen LogP contribution is 2.40.